The fourth-order valence-electron chi connectivity index (χ4n) is 2.67. The number of hydrazine groups is 1. The molecule has 1 aromatic carbocycles. The van der Waals surface area contributed by atoms with Gasteiger partial charge in [0.25, 0.3) is 5.88 Å². The van der Waals surface area contributed by atoms with Gasteiger partial charge in [0.15, 0.2) is 9.84 Å². The summed E-state index contributed by atoms with van der Waals surface area (Å²) in [5.41, 5.74) is 1.63. The van der Waals surface area contributed by atoms with Gasteiger partial charge in [0, 0.05) is 6.26 Å². The molecule has 1 amide bonds. The number of esters is 1. The molecule has 0 radical (unpaired) electrons. The van der Waals surface area contributed by atoms with E-state index in [0.29, 0.717) is 5.01 Å². The number of hydrogen-bond acceptors (Lipinski definition) is 12. The number of ether oxygens (including phenoxy) is 2. The van der Waals surface area contributed by atoms with Gasteiger partial charge in [0.1, 0.15) is 11.5 Å². The number of allylic oxidation sites excluding steroid dienone is 1. The van der Waals surface area contributed by atoms with Crippen LogP contribution in [0.1, 0.15) is 29.3 Å². The van der Waals surface area contributed by atoms with Crippen molar-refractivity contribution >= 4 is 27.4 Å². The van der Waals surface area contributed by atoms with Gasteiger partial charge in [-0.2, -0.15) is 5.26 Å². The monoisotopic (exact) mass is 466 g/mol. The summed E-state index contributed by atoms with van der Waals surface area (Å²) in [4.78, 5) is 38.1. The van der Waals surface area contributed by atoms with Gasteiger partial charge in [-0.1, -0.05) is 0 Å². The summed E-state index contributed by atoms with van der Waals surface area (Å²) in [7, 11) is -4.06. The van der Waals surface area contributed by atoms with Gasteiger partial charge in [-0.25, -0.2) is 24.3 Å². The normalized spacial score (nSPS) is 16.1. The van der Waals surface area contributed by atoms with Gasteiger partial charge < -0.3 is 15.2 Å². The van der Waals surface area contributed by atoms with Gasteiger partial charge in [-0.05, 0) is 25.1 Å². The van der Waals surface area contributed by atoms with Crippen LogP contribution in [-0.2, 0) is 19.4 Å². The van der Waals surface area contributed by atoms with Crippen molar-refractivity contribution in [2.24, 2.45) is 16.6 Å². The fraction of sp³-hybridized carbons (Fsp3) is 0.294. The maximum atomic E-state index is 12.2. The van der Waals surface area contributed by atoms with Crippen molar-refractivity contribution in [3.05, 3.63) is 51.0 Å². The van der Waals surface area contributed by atoms with Crippen LogP contribution >= 0.6 is 0 Å². The molecule has 0 saturated heterocycles. The summed E-state index contributed by atoms with van der Waals surface area (Å²) in [5, 5.41) is 21.2. The average molecular weight is 466 g/mol. The maximum absolute atomic E-state index is 12.2. The lowest BCUT2D eigenvalue weighted by atomic mass is 10.1. The van der Waals surface area contributed by atoms with Crippen LogP contribution < -0.4 is 16.3 Å². The third-order valence-corrected chi connectivity index (χ3v) is 5.09. The number of nitrogens with zero attached hydrogens (tertiary/aromatic N) is 4. The van der Waals surface area contributed by atoms with Crippen LogP contribution in [0, 0.1) is 21.4 Å². The molecule has 170 valence electrons. The molecule has 32 heavy (non-hydrogen) atoms. The number of rotatable bonds is 8. The Balaban J connectivity index is 2.66. The lowest BCUT2D eigenvalue weighted by Gasteiger charge is -2.30. The Morgan fingerprint density at radius 2 is 2.06 bits per heavy atom. The maximum Gasteiger partial charge on any atom is 0.352 e. The highest BCUT2D eigenvalue weighted by Gasteiger charge is 2.43. The van der Waals surface area contributed by atoms with Crippen LogP contribution in [0.4, 0.5) is 0 Å². The highest BCUT2D eigenvalue weighted by atomic mass is 32.2. The van der Waals surface area contributed by atoms with Crippen molar-refractivity contribution in [3.63, 3.8) is 0 Å². The minimum absolute atomic E-state index is 0.0212. The standard InChI is InChI=1S/C17H18N6O8S/c1-3-30-13(24)7-12-14(23(26)27)16(22(20)17(21-12)32(2,28)29)31-10-5-4-9(8-18)11(6-10)15(19)25/h4-6,17H,3,7,20H2,1-2H3,(H2,19,25). The summed E-state index contributed by atoms with van der Waals surface area (Å²) in [5.74, 6) is 2.95. The predicted octanol–water partition coefficient (Wildman–Crippen LogP) is -0.607. The molecule has 1 aliphatic rings. The smallest absolute Gasteiger partial charge is 0.352 e. The topological polar surface area (TPSA) is 221 Å². The van der Waals surface area contributed by atoms with Crippen molar-refractivity contribution in [1.82, 2.24) is 5.01 Å². The average Bonchev–Trinajstić information content (AvgIpc) is 2.69. The Kier molecular flexibility index (Phi) is 7.13. The van der Waals surface area contributed by atoms with Crippen LogP contribution in [-0.4, -0.2) is 54.3 Å². The summed E-state index contributed by atoms with van der Waals surface area (Å²) in [6.45, 7) is 1.49. The van der Waals surface area contributed by atoms with Crippen LogP contribution in [0.2, 0.25) is 0 Å². The van der Waals surface area contributed by atoms with E-state index in [-0.39, 0.29) is 23.5 Å². The number of carbonyl (C=O) groups excluding carboxylic acids is 2. The summed E-state index contributed by atoms with van der Waals surface area (Å²) < 4.78 is 34.5. The number of hydrogen-bond donors (Lipinski definition) is 2. The minimum atomic E-state index is -4.06. The van der Waals surface area contributed by atoms with E-state index in [2.05, 4.69) is 4.99 Å². The van der Waals surface area contributed by atoms with Crippen molar-refractivity contribution in [2.75, 3.05) is 12.9 Å². The second kappa shape index (κ2) is 9.41. The molecular formula is C17H18N6O8S. The molecule has 1 heterocycles. The highest BCUT2D eigenvalue weighted by Crippen LogP contribution is 2.28. The molecule has 1 aliphatic heterocycles. The molecule has 0 spiro atoms. The van der Waals surface area contributed by atoms with Crippen molar-refractivity contribution in [1.29, 1.82) is 5.26 Å². The van der Waals surface area contributed by atoms with Crippen molar-refractivity contribution < 1.29 is 32.4 Å². The zero-order valence-electron chi connectivity index (χ0n) is 16.8. The van der Waals surface area contributed by atoms with E-state index in [9.17, 15) is 28.1 Å². The van der Waals surface area contributed by atoms with E-state index in [4.69, 9.17) is 26.3 Å². The van der Waals surface area contributed by atoms with Crippen molar-refractivity contribution in [3.8, 4) is 11.8 Å². The zero-order chi connectivity index (χ0) is 24.2. The van der Waals surface area contributed by atoms with E-state index >= 15 is 0 Å². The van der Waals surface area contributed by atoms with E-state index in [1.807, 2.05) is 0 Å². The van der Waals surface area contributed by atoms with Gasteiger partial charge in [-0.15, -0.1) is 0 Å². The molecule has 0 aliphatic carbocycles. The Bertz CT molecular complexity index is 1180. The van der Waals surface area contributed by atoms with Crippen molar-refractivity contribution in [2.45, 2.75) is 18.8 Å². The summed E-state index contributed by atoms with van der Waals surface area (Å²) >= 11 is 0. The molecule has 14 nitrogen and oxygen atoms in total. The molecule has 0 saturated carbocycles. The predicted molar refractivity (Wildman–Crippen MR) is 108 cm³/mol. The second-order valence-electron chi connectivity index (χ2n) is 6.32. The molecule has 0 fully saturated rings. The Morgan fingerprint density at radius 3 is 2.56 bits per heavy atom. The molecule has 0 aromatic heterocycles. The van der Waals surface area contributed by atoms with Crippen LogP contribution in [0.5, 0.6) is 5.75 Å². The van der Waals surface area contributed by atoms with Crippen LogP contribution in [0.3, 0.4) is 0 Å². The largest absolute Gasteiger partial charge is 0.466 e. The number of nitro groups is 1. The zero-order valence-corrected chi connectivity index (χ0v) is 17.7. The second-order valence-corrected chi connectivity index (χ2v) is 8.40. The van der Waals surface area contributed by atoms with Crippen LogP contribution in [0.15, 0.2) is 34.8 Å². The highest BCUT2D eigenvalue weighted by molar-refractivity contribution is 7.91. The van der Waals surface area contributed by atoms with Gasteiger partial charge in [-0.3, -0.25) is 19.7 Å². The summed E-state index contributed by atoms with van der Waals surface area (Å²) in [6, 6.07) is 5.15. The molecule has 4 N–H and O–H groups in total. The molecule has 2 rings (SSSR count). The number of amides is 1. The number of carbonyl (C=O) groups is 2. The first kappa shape index (κ1) is 24.2. The first-order valence-electron chi connectivity index (χ1n) is 8.76. The SMILES string of the molecule is CCOC(=O)CC1=NC(S(C)(=O)=O)N(N)C(Oc2ccc(C#N)c(C(N)=O)c2)=C1[N+](=O)[O-]. The first-order valence-corrected chi connectivity index (χ1v) is 10.7. The van der Waals surface area contributed by atoms with E-state index < -0.39 is 55.8 Å². The molecule has 15 heteroatoms. The number of sulfone groups is 1. The lowest BCUT2D eigenvalue weighted by molar-refractivity contribution is -0.419. The molecule has 0 bridgehead atoms. The van der Waals surface area contributed by atoms with E-state index in [1.54, 1.807) is 6.07 Å². The molecule has 1 atom stereocenters. The third-order valence-electron chi connectivity index (χ3n) is 3.99. The number of nitriles is 1. The minimum Gasteiger partial charge on any atom is -0.466 e. The third kappa shape index (κ3) is 5.17. The number of aliphatic imine (C=N–C) groups is 1. The molecule has 1 unspecified atom stereocenters. The number of primary amides is 1. The quantitative estimate of drug-likeness (QED) is 0.213. The van der Waals surface area contributed by atoms with E-state index in [0.717, 1.165) is 12.3 Å². The summed E-state index contributed by atoms with van der Waals surface area (Å²) in [6.07, 6.45) is 0.0570. The number of nitrogens with two attached hydrogens (primary N) is 2. The number of benzene rings is 1. The fourth-order valence-corrected chi connectivity index (χ4v) is 3.49. The Labute approximate surface area is 181 Å². The lowest BCUT2D eigenvalue weighted by Crippen LogP contribution is -2.50. The Morgan fingerprint density at radius 1 is 1.41 bits per heavy atom. The van der Waals surface area contributed by atoms with Gasteiger partial charge in [0.2, 0.25) is 11.4 Å². The van der Waals surface area contributed by atoms with Gasteiger partial charge >= 0.3 is 11.7 Å². The molecular weight excluding hydrogens is 448 g/mol. The van der Waals surface area contributed by atoms with Crippen LogP contribution in [0.25, 0.3) is 0 Å². The molecule has 1 aromatic rings. The first-order chi connectivity index (χ1) is 14.9. The van der Waals surface area contributed by atoms with Gasteiger partial charge in [0.05, 0.1) is 35.1 Å². The Hall–Kier alpha value is -4.03. The van der Waals surface area contributed by atoms with E-state index in [1.165, 1.54) is 19.1 Å².